The Hall–Kier alpha value is -0.640. The summed E-state index contributed by atoms with van der Waals surface area (Å²) in [6.45, 7) is 0. The summed E-state index contributed by atoms with van der Waals surface area (Å²) in [4.78, 5) is 11.4. The van der Waals surface area contributed by atoms with E-state index in [4.69, 9.17) is 18.0 Å². The molecule has 0 aromatic heterocycles. The number of thiocarbonyl (C=S) groups is 1. The van der Waals surface area contributed by atoms with Gasteiger partial charge in [-0.2, -0.15) is 0 Å². The summed E-state index contributed by atoms with van der Waals surface area (Å²) in [5.41, 5.74) is 4.82. The van der Waals surface area contributed by atoms with Crippen LogP contribution in [0.5, 0.6) is 0 Å². The predicted molar refractivity (Wildman–Crippen MR) is 45.1 cm³/mol. The maximum Gasteiger partial charge on any atom is 0.318 e. The van der Waals surface area contributed by atoms with Gasteiger partial charge in [-0.3, -0.25) is 4.79 Å². The average Bonchev–Trinajstić information content (AvgIpc) is 1.84. The molecule has 4 heteroatoms. The van der Waals surface area contributed by atoms with Crippen LogP contribution in [0.3, 0.4) is 0 Å². The van der Waals surface area contributed by atoms with Gasteiger partial charge in [0.1, 0.15) is 5.41 Å². The van der Waals surface area contributed by atoms with Crippen molar-refractivity contribution in [3.63, 3.8) is 0 Å². The molecule has 11 heavy (non-hydrogen) atoms. The molecular formula is C7H11NO2S. The Morgan fingerprint density at radius 3 is 2.27 bits per heavy atom. The molecule has 0 unspecified atom stereocenters. The van der Waals surface area contributed by atoms with Crippen molar-refractivity contribution >= 4 is 23.2 Å². The van der Waals surface area contributed by atoms with E-state index in [1.54, 1.807) is 0 Å². The van der Waals surface area contributed by atoms with Crippen molar-refractivity contribution in [1.82, 2.24) is 0 Å². The maximum atomic E-state index is 11.2. The van der Waals surface area contributed by atoms with Crippen molar-refractivity contribution < 1.29 is 9.53 Å². The van der Waals surface area contributed by atoms with Crippen LogP contribution in [0.15, 0.2) is 0 Å². The minimum absolute atomic E-state index is 0.274. The van der Waals surface area contributed by atoms with Crippen LogP contribution in [0.2, 0.25) is 0 Å². The number of hydrogen-bond donors (Lipinski definition) is 1. The molecule has 3 nitrogen and oxygen atoms in total. The van der Waals surface area contributed by atoms with Crippen molar-refractivity contribution in [2.24, 2.45) is 11.1 Å². The topological polar surface area (TPSA) is 52.3 Å². The second-order valence-corrected chi connectivity index (χ2v) is 3.23. The van der Waals surface area contributed by atoms with Gasteiger partial charge in [0.05, 0.1) is 12.1 Å². The zero-order valence-corrected chi connectivity index (χ0v) is 7.24. The normalized spacial score (nSPS) is 20.1. The van der Waals surface area contributed by atoms with Crippen LogP contribution < -0.4 is 5.73 Å². The monoisotopic (exact) mass is 173 g/mol. The van der Waals surface area contributed by atoms with Crippen LogP contribution >= 0.6 is 12.2 Å². The number of carbonyl (C=O) groups excluding carboxylic acids is 1. The van der Waals surface area contributed by atoms with Gasteiger partial charge < -0.3 is 10.5 Å². The SMILES string of the molecule is COC(=O)C1(C(N)=S)CCC1. The van der Waals surface area contributed by atoms with Crippen LogP contribution in [-0.2, 0) is 9.53 Å². The molecule has 1 aliphatic carbocycles. The molecule has 0 atom stereocenters. The quantitative estimate of drug-likeness (QED) is 0.491. The molecule has 0 amide bonds. The molecule has 1 aliphatic rings. The fraction of sp³-hybridized carbons (Fsp3) is 0.714. The summed E-state index contributed by atoms with van der Waals surface area (Å²) in [6.07, 6.45) is 2.50. The summed E-state index contributed by atoms with van der Waals surface area (Å²) in [6, 6.07) is 0. The van der Waals surface area contributed by atoms with Gasteiger partial charge in [0, 0.05) is 0 Å². The van der Waals surface area contributed by atoms with E-state index in [2.05, 4.69) is 4.74 Å². The third-order valence-electron chi connectivity index (χ3n) is 2.25. The molecule has 2 N–H and O–H groups in total. The summed E-state index contributed by atoms with van der Waals surface area (Å²) in [7, 11) is 1.36. The standard InChI is InChI=1S/C7H11NO2S/c1-10-6(9)7(5(8)11)3-2-4-7/h2-4H2,1H3,(H2,8,11). The lowest BCUT2D eigenvalue weighted by Gasteiger charge is -2.37. The Morgan fingerprint density at radius 2 is 2.18 bits per heavy atom. The number of hydrogen-bond acceptors (Lipinski definition) is 3. The Kier molecular flexibility index (Phi) is 2.13. The van der Waals surface area contributed by atoms with Crippen molar-refractivity contribution in [3.05, 3.63) is 0 Å². The van der Waals surface area contributed by atoms with Gasteiger partial charge in [-0.25, -0.2) is 0 Å². The highest BCUT2D eigenvalue weighted by Gasteiger charge is 2.47. The molecule has 0 spiro atoms. The molecule has 0 heterocycles. The van der Waals surface area contributed by atoms with E-state index in [9.17, 15) is 4.79 Å². The minimum Gasteiger partial charge on any atom is -0.468 e. The lowest BCUT2D eigenvalue weighted by atomic mass is 9.69. The fourth-order valence-corrected chi connectivity index (χ4v) is 1.56. The van der Waals surface area contributed by atoms with E-state index in [0.29, 0.717) is 0 Å². The predicted octanol–water partition coefficient (Wildman–Crippen LogP) is 0.616. The van der Waals surface area contributed by atoms with Gasteiger partial charge in [-0.1, -0.05) is 18.6 Å². The molecule has 1 rings (SSSR count). The Bertz CT molecular complexity index is 199. The number of nitrogens with two attached hydrogens (primary N) is 1. The number of esters is 1. The van der Waals surface area contributed by atoms with Gasteiger partial charge in [-0.05, 0) is 12.8 Å². The Morgan fingerprint density at radius 1 is 1.64 bits per heavy atom. The van der Waals surface area contributed by atoms with Crippen LogP contribution in [0.4, 0.5) is 0 Å². The van der Waals surface area contributed by atoms with Crippen molar-refractivity contribution in [2.75, 3.05) is 7.11 Å². The first-order valence-electron chi connectivity index (χ1n) is 3.52. The minimum atomic E-state index is -0.621. The van der Waals surface area contributed by atoms with Gasteiger partial charge in [0.2, 0.25) is 0 Å². The summed E-state index contributed by atoms with van der Waals surface area (Å²) >= 11 is 4.80. The summed E-state index contributed by atoms with van der Waals surface area (Å²) in [5.74, 6) is -0.281. The second kappa shape index (κ2) is 2.77. The number of ether oxygens (including phenoxy) is 1. The van der Waals surface area contributed by atoms with Gasteiger partial charge in [0.25, 0.3) is 0 Å². The molecule has 1 fully saturated rings. The first-order chi connectivity index (χ1) is 5.13. The summed E-state index contributed by atoms with van der Waals surface area (Å²) < 4.78 is 4.61. The zero-order chi connectivity index (χ0) is 8.48. The Labute approximate surface area is 70.9 Å². The number of rotatable bonds is 2. The maximum absolute atomic E-state index is 11.2. The third-order valence-corrected chi connectivity index (χ3v) is 2.65. The number of carbonyl (C=O) groups is 1. The highest BCUT2D eigenvalue weighted by molar-refractivity contribution is 7.80. The van der Waals surface area contributed by atoms with Crippen LogP contribution in [-0.4, -0.2) is 18.1 Å². The van der Waals surface area contributed by atoms with E-state index in [0.717, 1.165) is 19.3 Å². The Balaban J connectivity index is 2.75. The molecular weight excluding hydrogens is 162 g/mol. The lowest BCUT2D eigenvalue weighted by molar-refractivity contribution is -0.152. The molecule has 0 radical (unpaired) electrons. The summed E-state index contributed by atoms with van der Waals surface area (Å²) in [5, 5.41) is 0. The van der Waals surface area contributed by atoms with Gasteiger partial charge in [-0.15, -0.1) is 0 Å². The van der Waals surface area contributed by atoms with E-state index < -0.39 is 5.41 Å². The zero-order valence-electron chi connectivity index (χ0n) is 6.42. The molecule has 0 aromatic rings. The van der Waals surface area contributed by atoms with Crippen molar-refractivity contribution in [1.29, 1.82) is 0 Å². The fourth-order valence-electron chi connectivity index (χ4n) is 1.28. The highest BCUT2D eigenvalue weighted by Crippen LogP contribution is 2.42. The smallest absolute Gasteiger partial charge is 0.318 e. The number of methoxy groups -OCH3 is 1. The van der Waals surface area contributed by atoms with Crippen LogP contribution in [0.25, 0.3) is 0 Å². The molecule has 0 bridgehead atoms. The van der Waals surface area contributed by atoms with E-state index >= 15 is 0 Å². The molecule has 0 saturated heterocycles. The van der Waals surface area contributed by atoms with Crippen LogP contribution in [0, 0.1) is 5.41 Å². The average molecular weight is 173 g/mol. The van der Waals surface area contributed by atoms with Gasteiger partial charge >= 0.3 is 5.97 Å². The van der Waals surface area contributed by atoms with Crippen LogP contribution in [0.1, 0.15) is 19.3 Å². The van der Waals surface area contributed by atoms with E-state index in [-0.39, 0.29) is 11.0 Å². The molecule has 62 valence electrons. The second-order valence-electron chi connectivity index (χ2n) is 2.79. The molecule has 0 aromatic carbocycles. The molecule has 1 saturated carbocycles. The van der Waals surface area contributed by atoms with Crippen molar-refractivity contribution in [2.45, 2.75) is 19.3 Å². The first kappa shape index (κ1) is 8.46. The van der Waals surface area contributed by atoms with Crippen molar-refractivity contribution in [3.8, 4) is 0 Å². The first-order valence-corrected chi connectivity index (χ1v) is 3.92. The third kappa shape index (κ3) is 1.11. The largest absolute Gasteiger partial charge is 0.468 e. The highest BCUT2D eigenvalue weighted by atomic mass is 32.1. The van der Waals surface area contributed by atoms with Gasteiger partial charge in [0.15, 0.2) is 0 Å². The lowest BCUT2D eigenvalue weighted by Crippen LogP contribution is -2.48. The van der Waals surface area contributed by atoms with E-state index in [1.165, 1.54) is 7.11 Å². The van der Waals surface area contributed by atoms with E-state index in [1.807, 2.05) is 0 Å². The molecule has 0 aliphatic heterocycles.